The Kier molecular flexibility index (Phi) is 7.59. The summed E-state index contributed by atoms with van der Waals surface area (Å²) in [7, 11) is 3.16. The first-order valence-electron chi connectivity index (χ1n) is 11.6. The van der Waals surface area contributed by atoms with E-state index in [0.29, 0.717) is 44.5 Å². The monoisotopic (exact) mass is 508 g/mol. The minimum Gasteiger partial charge on any atom is -0.497 e. The lowest BCUT2D eigenvalue weighted by atomic mass is 9.96. The molecule has 4 rings (SSSR count). The molecule has 0 N–H and O–H groups in total. The number of thiazole rings is 1. The molecule has 0 spiro atoms. The van der Waals surface area contributed by atoms with Crippen LogP contribution in [0, 0.1) is 0 Å². The van der Waals surface area contributed by atoms with E-state index in [4.69, 9.17) is 18.9 Å². The number of ether oxygens (including phenoxy) is 4. The van der Waals surface area contributed by atoms with E-state index in [0.717, 1.165) is 11.1 Å². The lowest BCUT2D eigenvalue weighted by Gasteiger charge is -2.24. The SMILES string of the molecule is CCOC(=O)C1=C(C)N=c2sc(=Cc3ccc(OCC)c(OC)c3)c(=O)n2C1c1ccc(OC)cc1. The smallest absolute Gasteiger partial charge is 0.338 e. The number of methoxy groups -OCH3 is 2. The van der Waals surface area contributed by atoms with Crippen molar-refractivity contribution in [1.29, 1.82) is 0 Å². The highest BCUT2D eigenvalue weighted by Gasteiger charge is 2.33. The van der Waals surface area contributed by atoms with Gasteiger partial charge in [-0.05, 0) is 62.2 Å². The number of benzene rings is 2. The molecule has 0 radical (unpaired) electrons. The summed E-state index contributed by atoms with van der Waals surface area (Å²) in [5.74, 6) is 1.39. The van der Waals surface area contributed by atoms with E-state index in [9.17, 15) is 9.59 Å². The van der Waals surface area contributed by atoms with Crippen LogP contribution in [0.15, 0.2) is 63.5 Å². The Bertz CT molecular complexity index is 1480. The van der Waals surface area contributed by atoms with Crippen LogP contribution in [0.25, 0.3) is 6.08 Å². The van der Waals surface area contributed by atoms with Gasteiger partial charge in [-0.3, -0.25) is 9.36 Å². The third-order valence-corrected chi connectivity index (χ3v) is 6.72. The van der Waals surface area contributed by atoms with Crippen molar-refractivity contribution in [1.82, 2.24) is 4.57 Å². The molecule has 1 unspecified atom stereocenters. The number of carbonyl (C=O) groups is 1. The second-order valence-electron chi connectivity index (χ2n) is 7.92. The molecule has 0 bridgehead atoms. The van der Waals surface area contributed by atoms with E-state index in [-0.39, 0.29) is 12.2 Å². The van der Waals surface area contributed by atoms with Gasteiger partial charge in [0.1, 0.15) is 5.75 Å². The number of hydrogen-bond acceptors (Lipinski definition) is 8. The Hall–Kier alpha value is -3.85. The lowest BCUT2D eigenvalue weighted by Crippen LogP contribution is -2.39. The molecule has 1 aromatic heterocycles. The van der Waals surface area contributed by atoms with Crippen molar-refractivity contribution in [3.63, 3.8) is 0 Å². The molecule has 188 valence electrons. The number of allylic oxidation sites excluding steroid dienone is 1. The second kappa shape index (κ2) is 10.8. The van der Waals surface area contributed by atoms with Crippen LogP contribution in [-0.2, 0) is 9.53 Å². The molecule has 3 aromatic rings. The van der Waals surface area contributed by atoms with Crippen molar-refractivity contribution in [2.75, 3.05) is 27.4 Å². The largest absolute Gasteiger partial charge is 0.497 e. The highest BCUT2D eigenvalue weighted by Crippen LogP contribution is 2.32. The molecule has 36 heavy (non-hydrogen) atoms. The Balaban J connectivity index is 1.89. The van der Waals surface area contributed by atoms with Crippen molar-refractivity contribution in [2.45, 2.75) is 26.8 Å². The van der Waals surface area contributed by atoms with Crippen LogP contribution in [0.2, 0.25) is 0 Å². The third kappa shape index (κ3) is 4.79. The number of aromatic nitrogens is 1. The van der Waals surface area contributed by atoms with Gasteiger partial charge in [-0.25, -0.2) is 9.79 Å². The highest BCUT2D eigenvalue weighted by molar-refractivity contribution is 7.07. The molecule has 0 saturated heterocycles. The van der Waals surface area contributed by atoms with Gasteiger partial charge < -0.3 is 18.9 Å². The van der Waals surface area contributed by atoms with Gasteiger partial charge >= 0.3 is 5.97 Å². The van der Waals surface area contributed by atoms with Crippen LogP contribution in [0.1, 0.15) is 37.9 Å². The van der Waals surface area contributed by atoms with E-state index >= 15 is 0 Å². The molecule has 1 aliphatic heterocycles. The fourth-order valence-electron chi connectivity index (χ4n) is 4.09. The molecule has 0 amide bonds. The first kappa shape index (κ1) is 25.2. The summed E-state index contributed by atoms with van der Waals surface area (Å²) in [5, 5.41) is 0. The predicted octanol–water partition coefficient (Wildman–Crippen LogP) is 3.21. The van der Waals surface area contributed by atoms with Crippen LogP contribution >= 0.6 is 11.3 Å². The quantitative estimate of drug-likeness (QED) is 0.434. The number of fused-ring (bicyclic) bond motifs is 1. The fraction of sp³-hybridized carbons (Fsp3) is 0.296. The topological polar surface area (TPSA) is 88.4 Å². The maximum Gasteiger partial charge on any atom is 0.338 e. The van der Waals surface area contributed by atoms with Crippen molar-refractivity contribution in [3.8, 4) is 17.2 Å². The summed E-state index contributed by atoms with van der Waals surface area (Å²) < 4.78 is 23.7. The maximum absolute atomic E-state index is 13.7. The molecular formula is C27H28N2O6S. The van der Waals surface area contributed by atoms with Gasteiger partial charge in [-0.15, -0.1) is 0 Å². The molecule has 8 nitrogen and oxygen atoms in total. The van der Waals surface area contributed by atoms with Gasteiger partial charge in [-0.1, -0.05) is 29.5 Å². The summed E-state index contributed by atoms with van der Waals surface area (Å²) in [6, 6.07) is 12.1. The van der Waals surface area contributed by atoms with Gasteiger partial charge in [0.15, 0.2) is 16.3 Å². The zero-order valence-corrected chi connectivity index (χ0v) is 21.7. The summed E-state index contributed by atoms with van der Waals surface area (Å²) in [4.78, 5) is 31.8. The Morgan fingerprint density at radius 2 is 1.81 bits per heavy atom. The van der Waals surface area contributed by atoms with E-state index < -0.39 is 12.0 Å². The van der Waals surface area contributed by atoms with E-state index in [1.807, 2.05) is 37.3 Å². The van der Waals surface area contributed by atoms with Gasteiger partial charge in [0, 0.05) is 0 Å². The Morgan fingerprint density at radius 3 is 2.44 bits per heavy atom. The maximum atomic E-state index is 13.7. The van der Waals surface area contributed by atoms with Gasteiger partial charge in [0.05, 0.1) is 49.3 Å². The number of hydrogen-bond donors (Lipinski definition) is 0. The molecule has 0 saturated carbocycles. The van der Waals surface area contributed by atoms with Crippen molar-refractivity contribution >= 4 is 23.4 Å². The minimum atomic E-state index is -0.678. The van der Waals surface area contributed by atoms with Gasteiger partial charge in [-0.2, -0.15) is 0 Å². The average molecular weight is 509 g/mol. The van der Waals surface area contributed by atoms with Crippen LogP contribution < -0.4 is 29.1 Å². The van der Waals surface area contributed by atoms with Crippen molar-refractivity contribution in [2.24, 2.45) is 4.99 Å². The summed E-state index contributed by atoms with van der Waals surface area (Å²) in [6.45, 7) is 6.14. The first-order valence-corrected chi connectivity index (χ1v) is 12.4. The van der Waals surface area contributed by atoms with Gasteiger partial charge in [0.25, 0.3) is 5.56 Å². The summed E-state index contributed by atoms with van der Waals surface area (Å²) in [6.07, 6.45) is 1.79. The summed E-state index contributed by atoms with van der Waals surface area (Å²) in [5.41, 5.74) is 2.14. The Labute approximate surface area is 212 Å². The van der Waals surface area contributed by atoms with E-state index in [2.05, 4.69) is 4.99 Å². The molecule has 9 heteroatoms. The van der Waals surface area contributed by atoms with E-state index in [1.54, 1.807) is 50.8 Å². The zero-order valence-electron chi connectivity index (χ0n) is 20.9. The average Bonchev–Trinajstić information content (AvgIpc) is 3.18. The van der Waals surface area contributed by atoms with Crippen LogP contribution in [0.3, 0.4) is 0 Å². The second-order valence-corrected chi connectivity index (χ2v) is 8.93. The molecule has 2 heterocycles. The number of rotatable bonds is 8. The summed E-state index contributed by atoms with van der Waals surface area (Å²) >= 11 is 1.27. The number of nitrogens with zero attached hydrogens (tertiary/aromatic N) is 2. The minimum absolute atomic E-state index is 0.217. The standard InChI is InChI=1S/C27H28N2O6S/c1-6-34-20-13-8-17(14-21(20)33-5)15-22-25(30)29-24(18-9-11-19(32-4)12-10-18)23(26(31)35-7-2)16(3)28-27(29)36-22/h8-15,24H,6-7H2,1-5H3. The molecule has 0 fully saturated rings. The molecule has 2 aromatic carbocycles. The first-order chi connectivity index (χ1) is 17.4. The number of carbonyl (C=O) groups excluding carboxylic acids is 1. The zero-order chi connectivity index (χ0) is 25.8. The van der Waals surface area contributed by atoms with Crippen LogP contribution in [0.4, 0.5) is 0 Å². The lowest BCUT2D eigenvalue weighted by molar-refractivity contribution is -0.139. The van der Waals surface area contributed by atoms with Gasteiger partial charge in [0.2, 0.25) is 0 Å². The molecule has 1 atom stereocenters. The fourth-order valence-corrected chi connectivity index (χ4v) is 5.14. The van der Waals surface area contributed by atoms with Crippen LogP contribution in [-0.4, -0.2) is 38.0 Å². The van der Waals surface area contributed by atoms with Crippen molar-refractivity contribution in [3.05, 3.63) is 84.5 Å². The molecular weight excluding hydrogens is 480 g/mol. The molecule has 0 aliphatic carbocycles. The highest BCUT2D eigenvalue weighted by atomic mass is 32.1. The normalized spacial score (nSPS) is 15.2. The van der Waals surface area contributed by atoms with Crippen molar-refractivity contribution < 1.29 is 23.7 Å². The predicted molar refractivity (Wildman–Crippen MR) is 138 cm³/mol. The van der Waals surface area contributed by atoms with E-state index in [1.165, 1.54) is 11.3 Å². The number of esters is 1. The third-order valence-electron chi connectivity index (χ3n) is 5.73. The van der Waals surface area contributed by atoms with Crippen LogP contribution in [0.5, 0.6) is 17.2 Å². The Morgan fingerprint density at radius 1 is 1.06 bits per heavy atom. The molecule has 1 aliphatic rings.